The van der Waals surface area contributed by atoms with Gasteiger partial charge in [-0.2, -0.15) is 0 Å². The highest BCUT2D eigenvalue weighted by atomic mass is 16.3. The average Bonchev–Trinajstić information content (AvgIpc) is 2.54. The monoisotopic (exact) mass is 292 g/mol. The Kier molecular flexibility index (Phi) is 6.23. The molecule has 5 heteroatoms. The Balaban J connectivity index is 2.17. The van der Waals surface area contributed by atoms with Gasteiger partial charge in [-0.25, -0.2) is 9.97 Å². The van der Waals surface area contributed by atoms with Gasteiger partial charge in [-0.3, -0.25) is 0 Å². The van der Waals surface area contributed by atoms with E-state index in [1.54, 1.807) is 6.33 Å². The van der Waals surface area contributed by atoms with Crippen molar-refractivity contribution in [1.82, 2.24) is 9.97 Å². The molecule has 2 rings (SSSR count). The molecule has 0 bridgehead atoms. The molecule has 0 unspecified atom stereocenters. The van der Waals surface area contributed by atoms with Gasteiger partial charge in [0, 0.05) is 31.8 Å². The number of nitrogens with one attached hydrogen (secondary N) is 1. The third-order valence-corrected chi connectivity index (χ3v) is 4.14. The third-order valence-electron chi connectivity index (χ3n) is 4.14. The van der Waals surface area contributed by atoms with Crippen molar-refractivity contribution in [2.75, 3.05) is 36.5 Å². The molecular formula is C16H28N4O. The highest BCUT2D eigenvalue weighted by Gasteiger charge is 2.22. The first-order chi connectivity index (χ1) is 10.3. The lowest BCUT2D eigenvalue weighted by molar-refractivity contribution is 0.202. The summed E-state index contributed by atoms with van der Waals surface area (Å²) in [5.74, 6) is 2.53. The van der Waals surface area contributed by atoms with E-state index in [0.717, 1.165) is 63.4 Å². The van der Waals surface area contributed by atoms with E-state index >= 15 is 0 Å². The van der Waals surface area contributed by atoms with E-state index in [9.17, 15) is 5.11 Å². The van der Waals surface area contributed by atoms with Crippen molar-refractivity contribution in [3.63, 3.8) is 0 Å². The van der Waals surface area contributed by atoms with Gasteiger partial charge in [-0.15, -0.1) is 0 Å². The maximum atomic E-state index is 9.27. The molecule has 0 saturated carbocycles. The summed E-state index contributed by atoms with van der Waals surface area (Å²) >= 11 is 0. The van der Waals surface area contributed by atoms with Gasteiger partial charge < -0.3 is 15.3 Å². The number of piperidine rings is 1. The Bertz CT molecular complexity index is 430. The number of aliphatic hydroxyl groups excluding tert-OH is 1. The Morgan fingerprint density at radius 3 is 2.62 bits per heavy atom. The molecule has 1 saturated heterocycles. The Hall–Kier alpha value is -1.36. The van der Waals surface area contributed by atoms with Crippen LogP contribution in [0, 0.1) is 5.92 Å². The summed E-state index contributed by atoms with van der Waals surface area (Å²) < 4.78 is 0. The van der Waals surface area contributed by atoms with Crippen molar-refractivity contribution >= 4 is 11.6 Å². The molecule has 0 spiro atoms. The van der Waals surface area contributed by atoms with Gasteiger partial charge in [0.2, 0.25) is 0 Å². The number of hydrogen-bond acceptors (Lipinski definition) is 5. The first kappa shape index (κ1) is 16.0. The van der Waals surface area contributed by atoms with Crippen molar-refractivity contribution in [3.05, 3.63) is 11.9 Å². The van der Waals surface area contributed by atoms with Crippen LogP contribution in [0.5, 0.6) is 0 Å². The normalized spacial score (nSPS) is 16.2. The summed E-state index contributed by atoms with van der Waals surface area (Å²) in [6.45, 7) is 7.56. The summed E-state index contributed by atoms with van der Waals surface area (Å²) in [4.78, 5) is 11.3. The Morgan fingerprint density at radius 1 is 1.24 bits per heavy atom. The highest BCUT2D eigenvalue weighted by Crippen LogP contribution is 2.28. The van der Waals surface area contributed by atoms with Gasteiger partial charge in [-0.05, 0) is 31.6 Å². The minimum atomic E-state index is 0.308. The zero-order valence-corrected chi connectivity index (χ0v) is 13.3. The maximum absolute atomic E-state index is 9.27. The van der Waals surface area contributed by atoms with Gasteiger partial charge >= 0.3 is 0 Å². The van der Waals surface area contributed by atoms with Gasteiger partial charge in [0.1, 0.15) is 18.0 Å². The lowest BCUT2D eigenvalue weighted by Crippen LogP contribution is -2.36. The summed E-state index contributed by atoms with van der Waals surface area (Å²) in [6.07, 6.45) is 6.95. The first-order valence-electron chi connectivity index (χ1n) is 8.23. The van der Waals surface area contributed by atoms with E-state index < -0.39 is 0 Å². The van der Waals surface area contributed by atoms with Crippen LogP contribution in [0.15, 0.2) is 6.33 Å². The van der Waals surface area contributed by atoms with Crippen LogP contribution in [-0.4, -0.2) is 41.3 Å². The van der Waals surface area contributed by atoms with E-state index in [-0.39, 0.29) is 0 Å². The maximum Gasteiger partial charge on any atom is 0.137 e. The fraction of sp³-hybridized carbons (Fsp3) is 0.750. The molecule has 1 aliphatic rings. The highest BCUT2D eigenvalue weighted by molar-refractivity contribution is 5.59. The van der Waals surface area contributed by atoms with Crippen molar-refractivity contribution in [3.8, 4) is 0 Å². The van der Waals surface area contributed by atoms with Gasteiger partial charge in [0.25, 0.3) is 0 Å². The molecule has 0 radical (unpaired) electrons. The molecular weight excluding hydrogens is 264 g/mol. The van der Waals surface area contributed by atoms with E-state index in [1.165, 1.54) is 5.56 Å². The second-order valence-corrected chi connectivity index (χ2v) is 5.81. The Labute approximate surface area is 127 Å². The van der Waals surface area contributed by atoms with Gasteiger partial charge in [0.15, 0.2) is 0 Å². The molecule has 2 N–H and O–H groups in total. The van der Waals surface area contributed by atoms with Gasteiger partial charge in [0.05, 0.1) is 0 Å². The predicted octanol–water partition coefficient (Wildman–Crippen LogP) is 2.46. The summed E-state index contributed by atoms with van der Waals surface area (Å²) in [5, 5.41) is 12.7. The van der Waals surface area contributed by atoms with Crippen LogP contribution < -0.4 is 10.2 Å². The number of anilines is 2. The van der Waals surface area contributed by atoms with Crippen molar-refractivity contribution in [1.29, 1.82) is 0 Å². The third kappa shape index (κ3) is 4.06. The molecule has 21 heavy (non-hydrogen) atoms. The molecule has 0 atom stereocenters. The van der Waals surface area contributed by atoms with Crippen LogP contribution in [-0.2, 0) is 6.42 Å². The molecule has 1 aromatic heterocycles. The van der Waals surface area contributed by atoms with Crippen LogP contribution in [0.4, 0.5) is 11.6 Å². The average molecular weight is 292 g/mol. The van der Waals surface area contributed by atoms with E-state index in [1.807, 2.05) is 0 Å². The molecule has 1 aromatic rings. The summed E-state index contributed by atoms with van der Waals surface area (Å²) in [6, 6.07) is 0. The largest absolute Gasteiger partial charge is 0.396 e. The fourth-order valence-electron chi connectivity index (χ4n) is 2.88. The lowest BCUT2D eigenvalue weighted by atomic mass is 9.97. The number of aromatic nitrogens is 2. The number of aliphatic hydroxyl groups is 1. The molecule has 0 aliphatic carbocycles. The van der Waals surface area contributed by atoms with E-state index in [4.69, 9.17) is 0 Å². The zero-order valence-electron chi connectivity index (χ0n) is 13.3. The SMILES string of the molecule is CCCNc1ncnc(N2CCC(CO)CC2)c1CCC. The second kappa shape index (κ2) is 8.17. The standard InChI is InChI=1S/C16H28N4O/c1-3-5-14-15(17-8-4-2)18-12-19-16(14)20-9-6-13(11-21)7-10-20/h12-13,21H,3-11H2,1-2H3,(H,17,18,19). The predicted molar refractivity (Wildman–Crippen MR) is 86.8 cm³/mol. The topological polar surface area (TPSA) is 61.3 Å². The summed E-state index contributed by atoms with van der Waals surface area (Å²) in [7, 11) is 0. The van der Waals surface area contributed by atoms with Crippen LogP contribution in [0.25, 0.3) is 0 Å². The lowest BCUT2D eigenvalue weighted by Gasteiger charge is -2.33. The van der Waals surface area contributed by atoms with Crippen LogP contribution >= 0.6 is 0 Å². The smallest absolute Gasteiger partial charge is 0.137 e. The zero-order chi connectivity index (χ0) is 15.1. The van der Waals surface area contributed by atoms with Crippen LogP contribution in [0.3, 0.4) is 0 Å². The second-order valence-electron chi connectivity index (χ2n) is 5.81. The minimum Gasteiger partial charge on any atom is -0.396 e. The molecule has 0 amide bonds. The minimum absolute atomic E-state index is 0.308. The van der Waals surface area contributed by atoms with Gasteiger partial charge in [-0.1, -0.05) is 20.3 Å². The fourth-order valence-corrected chi connectivity index (χ4v) is 2.88. The van der Waals surface area contributed by atoms with Crippen molar-refractivity contribution in [2.45, 2.75) is 46.0 Å². The number of hydrogen-bond donors (Lipinski definition) is 2. The number of nitrogens with zero attached hydrogens (tertiary/aromatic N) is 3. The van der Waals surface area contributed by atoms with Crippen molar-refractivity contribution in [2.24, 2.45) is 5.92 Å². The molecule has 118 valence electrons. The van der Waals surface area contributed by atoms with Crippen LogP contribution in [0.2, 0.25) is 0 Å². The first-order valence-corrected chi connectivity index (χ1v) is 8.23. The molecule has 5 nitrogen and oxygen atoms in total. The molecule has 2 heterocycles. The molecule has 0 aromatic carbocycles. The van der Waals surface area contributed by atoms with E-state index in [2.05, 4.69) is 34.0 Å². The number of rotatable bonds is 7. The van der Waals surface area contributed by atoms with Crippen LogP contribution in [0.1, 0.15) is 45.1 Å². The van der Waals surface area contributed by atoms with E-state index in [0.29, 0.717) is 12.5 Å². The van der Waals surface area contributed by atoms with Crippen molar-refractivity contribution < 1.29 is 5.11 Å². The quantitative estimate of drug-likeness (QED) is 0.808. The molecule has 1 aliphatic heterocycles. The Morgan fingerprint density at radius 2 is 2.00 bits per heavy atom. The summed E-state index contributed by atoms with van der Waals surface area (Å²) in [5.41, 5.74) is 1.25. The molecule has 1 fully saturated rings.